The van der Waals surface area contributed by atoms with E-state index in [1.807, 2.05) is 17.5 Å². The van der Waals surface area contributed by atoms with Crippen LogP contribution in [0, 0.1) is 0 Å². The summed E-state index contributed by atoms with van der Waals surface area (Å²) in [6, 6.07) is 10.1. The number of hydrogen-bond acceptors (Lipinski definition) is 5. The molecule has 0 spiro atoms. The number of nitrogens with zero attached hydrogens (tertiary/aromatic N) is 1. The normalized spacial score (nSPS) is 10.9. The van der Waals surface area contributed by atoms with Crippen molar-refractivity contribution in [3.63, 3.8) is 0 Å². The lowest BCUT2D eigenvalue weighted by Crippen LogP contribution is -2.01. The van der Waals surface area contributed by atoms with Crippen LogP contribution in [0.25, 0.3) is 11.3 Å². The zero-order chi connectivity index (χ0) is 15.4. The van der Waals surface area contributed by atoms with Crippen LogP contribution in [-0.2, 0) is 6.54 Å². The molecule has 0 unspecified atom stereocenters. The Morgan fingerprint density at radius 2 is 2.05 bits per heavy atom. The quantitative estimate of drug-likeness (QED) is 0.719. The van der Waals surface area contributed by atoms with E-state index in [4.69, 9.17) is 4.42 Å². The van der Waals surface area contributed by atoms with Gasteiger partial charge in [0.1, 0.15) is 11.5 Å². The number of benzene rings is 1. The highest BCUT2D eigenvalue weighted by atomic mass is 32.1. The minimum Gasteiger partial charge on any atom is -0.467 e. The number of thiazole rings is 1. The molecule has 2 aromatic heterocycles. The number of ether oxygens (including phenoxy) is 1. The van der Waals surface area contributed by atoms with Crippen LogP contribution in [0.2, 0.25) is 0 Å². The van der Waals surface area contributed by atoms with Crippen molar-refractivity contribution in [1.29, 1.82) is 0 Å². The van der Waals surface area contributed by atoms with Crippen molar-refractivity contribution in [1.82, 2.24) is 4.98 Å². The molecule has 0 amide bonds. The molecule has 22 heavy (non-hydrogen) atoms. The molecular formula is C15H12F2N2O2S. The second-order valence-corrected chi connectivity index (χ2v) is 5.23. The number of furan rings is 1. The first-order valence-electron chi connectivity index (χ1n) is 6.48. The van der Waals surface area contributed by atoms with Crippen molar-refractivity contribution in [2.45, 2.75) is 13.2 Å². The van der Waals surface area contributed by atoms with Gasteiger partial charge in [0.2, 0.25) is 0 Å². The predicted octanol–water partition coefficient (Wildman–Crippen LogP) is 4.62. The average molecular weight is 322 g/mol. The first kappa shape index (κ1) is 14.5. The van der Waals surface area contributed by atoms with Crippen LogP contribution in [-0.4, -0.2) is 11.6 Å². The lowest BCUT2D eigenvalue weighted by atomic mass is 10.2. The molecule has 114 valence electrons. The Morgan fingerprint density at radius 1 is 1.23 bits per heavy atom. The van der Waals surface area contributed by atoms with Gasteiger partial charge in [0.15, 0.2) is 5.13 Å². The van der Waals surface area contributed by atoms with Crippen molar-refractivity contribution in [3.8, 4) is 17.0 Å². The molecule has 0 radical (unpaired) electrons. The molecule has 0 aliphatic rings. The van der Waals surface area contributed by atoms with Gasteiger partial charge in [-0.05, 0) is 36.4 Å². The topological polar surface area (TPSA) is 47.3 Å². The molecule has 7 heteroatoms. The third-order valence-corrected chi connectivity index (χ3v) is 3.67. The summed E-state index contributed by atoms with van der Waals surface area (Å²) in [4.78, 5) is 4.45. The molecule has 1 N–H and O–H groups in total. The van der Waals surface area contributed by atoms with Crippen LogP contribution < -0.4 is 10.1 Å². The average Bonchev–Trinajstić information content (AvgIpc) is 3.17. The van der Waals surface area contributed by atoms with E-state index in [9.17, 15) is 8.78 Å². The third kappa shape index (κ3) is 3.62. The summed E-state index contributed by atoms with van der Waals surface area (Å²) < 4.78 is 33.7. The highest BCUT2D eigenvalue weighted by Crippen LogP contribution is 2.27. The lowest BCUT2D eigenvalue weighted by Gasteiger charge is -2.04. The summed E-state index contributed by atoms with van der Waals surface area (Å²) in [5.41, 5.74) is 1.61. The number of anilines is 1. The molecule has 3 aromatic rings. The molecule has 0 fully saturated rings. The van der Waals surface area contributed by atoms with Gasteiger partial charge in [0.05, 0.1) is 18.5 Å². The van der Waals surface area contributed by atoms with Crippen LogP contribution >= 0.6 is 11.3 Å². The molecule has 4 nitrogen and oxygen atoms in total. The summed E-state index contributed by atoms with van der Waals surface area (Å²) in [5, 5.41) is 5.82. The Labute approximate surface area is 129 Å². The van der Waals surface area contributed by atoms with Crippen LogP contribution in [0.1, 0.15) is 5.76 Å². The Balaban J connectivity index is 1.65. The van der Waals surface area contributed by atoms with E-state index in [-0.39, 0.29) is 5.75 Å². The Bertz CT molecular complexity index is 711. The van der Waals surface area contributed by atoms with Crippen molar-refractivity contribution in [2.75, 3.05) is 5.32 Å². The van der Waals surface area contributed by atoms with Gasteiger partial charge in [0.25, 0.3) is 0 Å². The molecule has 0 aliphatic heterocycles. The number of halogens is 2. The minimum atomic E-state index is -2.82. The third-order valence-electron chi connectivity index (χ3n) is 2.87. The van der Waals surface area contributed by atoms with Gasteiger partial charge in [0, 0.05) is 10.9 Å². The van der Waals surface area contributed by atoms with E-state index in [1.165, 1.54) is 23.5 Å². The first-order valence-corrected chi connectivity index (χ1v) is 7.36. The maximum atomic E-state index is 12.1. The zero-order valence-electron chi connectivity index (χ0n) is 11.3. The number of nitrogens with one attached hydrogen (secondary N) is 1. The summed E-state index contributed by atoms with van der Waals surface area (Å²) in [6.07, 6.45) is 1.62. The standard InChI is InChI=1S/C15H12F2N2O2S/c16-14(17)21-11-5-3-10(4-6-11)13-9-22-15(19-13)18-8-12-2-1-7-20-12/h1-7,9,14H,8H2,(H,18,19). The molecule has 0 saturated heterocycles. The van der Waals surface area contributed by atoms with Gasteiger partial charge in [-0.1, -0.05) is 0 Å². The van der Waals surface area contributed by atoms with Gasteiger partial charge < -0.3 is 14.5 Å². The minimum absolute atomic E-state index is 0.130. The van der Waals surface area contributed by atoms with Gasteiger partial charge in [-0.15, -0.1) is 11.3 Å². The van der Waals surface area contributed by atoms with E-state index in [0.29, 0.717) is 6.54 Å². The fourth-order valence-electron chi connectivity index (χ4n) is 1.87. The first-order chi connectivity index (χ1) is 10.7. The highest BCUT2D eigenvalue weighted by Gasteiger charge is 2.07. The maximum absolute atomic E-state index is 12.1. The van der Waals surface area contributed by atoms with Gasteiger partial charge in [-0.3, -0.25) is 0 Å². The summed E-state index contributed by atoms with van der Waals surface area (Å²) >= 11 is 1.47. The lowest BCUT2D eigenvalue weighted by molar-refractivity contribution is -0.0498. The molecule has 0 atom stereocenters. The molecule has 1 aromatic carbocycles. The van der Waals surface area contributed by atoms with E-state index >= 15 is 0 Å². The summed E-state index contributed by atoms with van der Waals surface area (Å²) in [6.45, 7) is -2.26. The second kappa shape index (κ2) is 6.57. The van der Waals surface area contributed by atoms with E-state index < -0.39 is 6.61 Å². The molecule has 2 heterocycles. The van der Waals surface area contributed by atoms with Crippen molar-refractivity contribution >= 4 is 16.5 Å². The SMILES string of the molecule is FC(F)Oc1ccc(-c2csc(NCc3ccco3)n2)cc1. The molecule has 0 saturated carbocycles. The smallest absolute Gasteiger partial charge is 0.387 e. The van der Waals surface area contributed by atoms with Crippen LogP contribution in [0.15, 0.2) is 52.5 Å². The van der Waals surface area contributed by atoms with Crippen LogP contribution in [0.4, 0.5) is 13.9 Å². The molecule has 0 aliphatic carbocycles. The molecule has 0 bridgehead atoms. The highest BCUT2D eigenvalue weighted by molar-refractivity contribution is 7.14. The monoisotopic (exact) mass is 322 g/mol. The Hall–Kier alpha value is -2.41. The van der Waals surface area contributed by atoms with Gasteiger partial charge in [-0.2, -0.15) is 8.78 Å². The largest absolute Gasteiger partial charge is 0.467 e. The fourth-order valence-corrected chi connectivity index (χ4v) is 2.59. The number of aromatic nitrogens is 1. The maximum Gasteiger partial charge on any atom is 0.387 e. The van der Waals surface area contributed by atoms with E-state index in [2.05, 4.69) is 15.0 Å². The predicted molar refractivity (Wildman–Crippen MR) is 80.2 cm³/mol. The van der Waals surface area contributed by atoms with Crippen molar-refractivity contribution < 1.29 is 17.9 Å². The Kier molecular flexibility index (Phi) is 4.34. The van der Waals surface area contributed by atoms with Crippen LogP contribution in [0.3, 0.4) is 0 Å². The number of rotatable bonds is 6. The van der Waals surface area contributed by atoms with Crippen molar-refractivity contribution in [3.05, 3.63) is 53.8 Å². The summed E-state index contributed by atoms with van der Waals surface area (Å²) in [7, 11) is 0. The second-order valence-electron chi connectivity index (χ2n) is 4.37. The van der Waals surface area contributed by atoms with E-state index in [0.717, 1.165) is 22.1 Å². The zero-order valence-corrected chi connectivity index (χ0v) is 12.1. The number of hydrogen-bond donors (Lipinski definition) is 1. The number of alkyl halides is 2. The van der Waals surface area contributed by atoms with Crippen molar-refractivity contribution in [2.24, 2.45) is 0 Å². The Morgan fingerprint density at radius 3 is 2.73 bits per heavy atom. The molecule has 3 rings (SSSR count). The van der Waals surface area contributed by atoms with Crippen LogP contribution in [0.5, 0.6) is 5.75 Å². The fraction of sp³-hybridized carbons (Fsp3) is 0.133. The van der Waals surface area contributed by atoms with Gasteiger partial charge in [-0.25, -0.2) is 4.98 Å². The summed E-state index contributed by atoms with van der Waals surface area (Å²) in [5.74, 6) is 0.954. The van der Waals surface area contributed by atoms with E-state index in [1.54, 1.807) is 18.4 Å². The van der Waals surface area contributed by atoms with Gasteiger partial charge >= 0.3 is 6.61 Å². The molecular weight excluding hydrogens is 310 g/mol.